The third-order valence-corrected chi connectivity index (χ3v) is 2.78. The lowest BCUT2D eigenvalue weighted by Crippen LogP contribution is -2.31. The van der Waals surface area contributed by atoms with Gasteiger partial charge in [-0.1, -0.05) is 23.8 Å². The molecule has 3 nitrogen and oxygen atoms in total. The average Bonchev–Trinajstić information content (AvgIpc) is 2.55. The minimum atomic E-state index is -0.193. The van der Waals surface area contributed by atoms with Crippen molar-refractivity contribution >= 4 is 11.8 Å². The van der Waals surface area contributed by atoms with E-state index in [0.29, 0.717) is 17.7 Å². The van der Waals surface area contributed by atoms with Crippen molar-refractivity contribution in [3.05, 3.63) is 47.0 Å². The van der Waals surface area contributed by atoms with E-state index in [1.54, 1.807) is 24.3 Å². The zero-order chi connectivity index (χ0) is 11.7. The number of allylic oxidation sites excluding steroid dienone is 1. The monoisotopic (exact) mass is 215 g/mol. The summed E-state index contributed by atoms with van der Waals surface area (Å²) >= 11 is 0. The number of nitrogens with zero attached hydrogens (tertiary/aromatic N) is 1. The van der Waals surface area contributed by atoms with Crippen molar-refractivity contribution in [1.29, 1.82) is 0 Å². The summed E-state index contributed by atoms with van der Waals surface area (Å²) in [5.74, 6) is -0.386. The maximum Gasteiger partial charge on any atom is 0.261 e. The van der Waals surface area contributed by atoms with Gasteiger partial charge in [0, 0.05) is 6.54 Å². The van der Waals surface area contributed by atoms with Crippen LogP contribution in [0.2, 0.25) is 0 Å². The van der Waals surface area contributed by atoms with Gasteiger partial charge < -0.3 is 0 Å². The second-order valence-corrected chi connectivity index (χ2v) is 3.88. The van der Waals surface area contributed by atoms with Gasteiger partial charge in [0.05, 0.1) is 11.1 Å². The Hall–Kier alpha value is -1.90. The van der Waals surface area contributed by atoms with E-state index in [-0.39, 0.29) is 11.8 Å². The lowest BCUT2D eigenvalue weighted by atomic mass is 10.1. The van der Waals surface area contributed by atoms with Gasteiger partial charge in [-0.2, -0.15) is 0 Å². The van der Waals surface area contributed by atoms with Crippen molar-refractivity contribution in [3.8, 4) is 0 Å². The topological polar surface area (TPSA) is 37.4 Å². The van der Waals surface area contributed by atoms with Crippen LogP contribution in [0.15, 0.2) is 35.9 Å². The van der Waals surface area contributed by atoms with Gasteiger partial charge in [0.25, 0.3) is 11.8 Å². The molecule has 1 aromatic rings. The number of imide groups is 1. The Morgan fingerprint density at radius 1 is 1.19 bits per heavy atom. The molecule has 0 saturated carbocycles. The van der Waals surface area contributed by atoms with E-state index in [1.165, 1.54) is 4.90 Å². The van der Waals surface area contributed by atoms with Crippen LogP contribution < -0.4 is 0 Å². The van der Waals surface area contributed by atoms with E-state index in [1.807, 2.05) is 19.9 Å². The molecule has 0 spiro atoms. The van der Waals surface area contributed by atoms with Crippen LogP contribution in [0.4, 0.5) is 0 Å². The second kappa shape index (κ2) is 3.93. The summed E-state index contributed by atoms with van der Waals surface area (Å²) in [6, 6.07) is 6.94. The Morgan fingerprint density at radius 3 is 2.12 bits per heavy atom. The van der Waals surface area contributed by atoms with Crippen LogP contribution in [0.3, 0.4) is 0 Å². The number of rotatable bonds is 2. The normalized spacial score (nSPS) is 15.6. The molecule has 16 heavy (non-hydrogen) atoms. The molecule has 0 radical (unpaired) electrons. The zero-order valence-electron chi connectivity index (χ0n) is 9.36. The molecule has 3 heteroatoms. The summed E-state index contributed by atoms with van der Waals surface area (Å²) in [4.78, 5) is 25.2. The molecule has 0 aliphatic carbocycles. The molecule has 1 aromatic carbocycles. The number of carbonyl (C=O) groups excluding carboxylic acids is 2. The Kier molecular flexibility index (Phi) is 2.60. The minimum Gasteiger partial charge on any atom is -0.270 e. The molecule has 0 unspecified atom stereocenters. The number of carbonyl (C=O) groups is 2. The van der Waals surface area contributed by atoms with E-state index >= 15 is 0 Å². The summed E-state index contributed by atoms with van der Waals surface area (Å²) < 4.78 is 0. The van der Waals surface area contributed by atoms with Crippen molar-refractivity contribution in [2.75, 3.05) is 6.54 Å². The zero-order valence-corrected chi connectivity index (χ0v) is 9.36. The highest BCUT2D eigenvalue weighted by molar-refractivity contribution is 6.21. The molecular formula is C13H13NO2. The van der Waals surface area contributed by atoms with Crippen molar-refractivity contribution in [3.63, 3.8) is 0 Å². The fourth-order valence-electron chi connectivity index (χ4n) is 1.72. The van der Waals surface area contributed by atoms with Gasteiger partial charge in [0.2, 0.25) is 0 Å². The molecule has 82 valence electrons. The SMILES string of the molecule is CC=C(C)CN1C(=O)c2ccccc2C1=O. The maximum absolute atomic E-state index is 11.9. The predicted molar refractivity (Wildman–Crippen MR) is 61.2 cm³/mol. The molecule has 0 atom stereocenters. The van der Waals surface area contributed by atoms with Gasteiger partial charge in [-0.05, 0) is 26.0 Å². The quantitative estimate of drug-likeness (QED) is 0.560. The lowest BCUT2D eigenvalue weighted by molar-refractivity contribution is 0.0668. The van der Waals surface area contributed by atoms with Crippen LogP contribution in [0.1, 0.15) is 34.6 Å². The molecule has 1 heterocycles. The summed E-state index contributed by atoms with van der Waals surface area (Å²) in [7, 11) is 0. The fraction of sp³-hybridized carbons (Fsp3) is 0.231. The average molecular weight is 215 g/mol. The predicted octanol–water partition coefficient (Wildman–Crippen LogP) is 2.25. The molecule has 0 N–H and O–H groups in total. The largest absolute Gasteiger partial charge is 0.270 e. The molecule has 1 aliphatic rings. The van der Waals surface area contributed by atoms with Gasteiger partial charge in [0.1, 0.15) is 0 Å². The molecule has 0 bridgehead atoms. The van der Waals surface area contributed by atoms with Gasteiger partial charge in [-0.25, -0.2) is 0 Å². The molecule has 0 saturated heterocycles. The first kappa shape index (κ1) is 10.6. The van der Waals surface area contributed by atoms with Crippen molar-refractivity contribution in [1.82, 2.24) is 4.90 Å². The second-order valence-electron chi connectivity index (χ2n) is 3.88. The maximum atomic E-state index is 11.9. The van der Waals surface area contributed by atoms with E-state index in [0.717, 1.165) is 5.57 Å². The van der Waals surface area contributed by atoms with E-state index in [2.05, 4.69) is 0 Å². The Balaban J connectivity index is 2.35. The fourth-order valence-corrected chi connectivity index (χ4v) is 1.72. The number of amides is 2. The highest BCUT2D eigenvalue weighted by Gasteiger charge is 2.34. The van der Waals surface area contributed by atoms with Crippen molar-refractivity contribution < 1.29 is 9.59 Å². The molecule has 2 rings (SSSR count). The number of hydrogen-bond acceptors (Lipinski definition) is 2. The van der Waals surface area contributed by atoms with Crippen LogP contribution in [-0.4, -0.2) is 23.3 Å². The minimum absolute atomic E-state index is 0.193. The van der Waals surface area contributed by atoms with Gasteiger partial charge in [0.15, 0.2) is 0 Å². The Bertz CT molecular complexity index is 453. The van der Waals surface area contributed by atoms with Crippen molar-refractivity contribution in [2.24, 2.45) is 0 Å². The van der Waals surface area contributed by atoms with Gasteiger partial charge >= 0.3 is 0 Å². The van der Waals surface area contributed by atoms with Gasteiger partial charge in [-0.3, -0.25) is 14.5 Å². The van der Waals surface area contributed by atoms with Crippen LogP contribution >= 0.6 is 0 Å². The first-order chi connectivity index (χ1) is 7.65. The summed E-state index contributed by atoms with van der Waals surface area (Å²) in [5.41, 5.74) is 2.03. The summed E-state index contributed by atoms with van der Waals surface area (Å²) in [6.45, 7) is 4.18. The first-order valence-electron chi connectivity index (χ1n) is 5.22. The molecule has 0 fully saturated rings. The van der Waals surface area contributed by atoms with Gasteiger partial charge in [-0.15, -0.1) is 0 Å². The third-order valence-electron chi connectivity index (χ3n) is 2.78. The van der Waals surface area contributed by atoms with Crippen LogP contribution in [0.25, 0.3) is 0 Å². The van der Waals surface area contributed by atoms with Crippen LogP contribution in [0.5, 0.6) is 0 Å². The van der Waals surface area contributed by atoms with E-state index in [9.17, 15) is 9.59 Å². The Morgan fingerprint density at radius 2 is 1.69 bits per heavy atom. The standard InChI is InChI=1S/C13H13NO2/c1-3-9(2)8-14-12(15)10-6-4-5-7-11(10)13(14)16/h3-7H,8H2,1-2H3. The van der Waals surface area contributed by atoms with Crippen LogP contribution in [-0.2, 0) is 0 Å². The first-order valence-corrected chi connectivity index (χ1v) is 5.22. The molecule has 2 amide bonds. The van der Waals surface area contributed by atoms with E-state index in [4.69, 9.17) is 0 Å². The molecule has 1 aliphatic heterocycles. The highest BCUT2D eigenvalue weighted by Crippen LogP contribution is 2.22. The van der Waals surface area contributed by atoms with Crippen LogP contribution in [0, 0.1) is 0 Å². The molecular weight excluding hydrogens is 202 g/mol. The van der Waals surface area contributed by atoms with E-state index < -0.39 is 0 Å². The Labute approximate surface area is 94.4 Å². The number of fused-ring (bicyclic) bond motifs is 1. The number of hydrogen-bond donors (Lipinski definition) is 0. The highest BCUT2D eigenvalue weighted by atomic mass is 16.2. The third kappa shape index (κ3) is 1.54. The summed E-state index contributed by atoms with van der Waals surface area (Å²) in [5, 5.41) is 0. The smallest absolute Gasteiger partial charge is 0.261 e. The summed E-state index contributed by atoms with van der Waals surface area (Å²) in [6.07, 6.45) is 1.91. The molecule has 0 aromatic heterocycles. The lowest BCUT2D eigenvalue weighted by Gasteiger charge is -2.13. The number of benzene rings is 1. The van der Waals surface area contributed by atoms with Crippen molar-refractivity contribution in [2.45, 2.75) is 13.8 Å².